The van der Waals surface area contributed by atoms with Gasteiger partial charge in [0.2, 0.25) is 0 Å². The summed E-state index contributed by atoms with van der Waals surface area (Å²) in [6.45, 7) is 8.01. The molecule has 1 fully saturated rings. The molecule has 0 heterocycles. The van der Waals surface area contributed by atoms with Crippen molar-refractivity contribution in [1.29, 1.82) is 0 Å². The van der Waals surface area contributed by atoms with E-state index in [1.165, 1.54) is 6.42 Å². The van der Waals surface area contributed by atoms with Gasteiger partial charge in [-0.05, 0) is 44.9 Å². The lowest BCUT2D eigenvalue weighted by Gasteiger charge is -2.36. The van der Waals surface area contributed by atoms with Gasteiger partial charge in [0.15, 0.2) is 0 Å². The SMILES string of the molecule is CC1CCC(NC(C)(C)C(=O)O)CC1C. The Balaban J connectivity index is 2.50. The van der Waals surface area contributed by atoms with Gasteiger partial charge in [0.25, 0.3) is 0 Å². The van der Waals surface area contributed by atoms with Crippen LogP contribution >= 0.6 is 0 Å². The van der Waals surface area contributed by atoms with Gasteiger partial charge in [0, 0.05) is 6.04 Å². The predicted molar refractivity (Wildman–Crippen MR) is 60.8 cm³/mol. The smallest absolute Gasteiger partial charge is 0.323 e. The molecule has 0 amide bonds. The Hall–Kier alpha value is -0.570. The van der Waals surface area contributed by atoms with Crippen LogP contribution in [0, 0.1) is 11.8 Å². The van der Waals surface area contributed by atoms with E-state index in [1.807, 2.05) is 0 Å². The van der Waals surface area contributed by atoms with Crippen molar-refractivity contribution in [2.24, 2.45) is 11.8 Å². The van der Waals surface area contributed by atoms with Crippen molar-refractivity contribution in [1.82, 2.24) is 5.32 Å². The Bertz CT molecular complexity index is 238. The summed E-state index contributed by atoms with van der Waals surface area (Å²) in [5.41, 5.74) is -0.801. The van der Waals surface area contributed by atoms with Gasteiger partial charge in [-0.25, -0.2) is 0 Å². The summed E-state index contributed by atoms with van der Waals surface area (Å²) in [5.74, 6) is 0.700. The Morgan fingerprint density at radius 2 is 1.87 bits per heavy atom. The van der Waals surface area contributed by atoms with Crippen molar-refractivity contribution in [3.05, 3.63) is 0 Å². The molecule has 0 spiro atoms. The van der Waals surface area contributed by atoms with Gasteiger partial charge in [0.05, 0.1) is 0 Å². The summed E-state index contributed by atoms with van der Waals surface area (Å²) in [6.07, 6.45) is 3.40. The molecule has 1 saturated carbocycles. The highest BCUT2D eigenvalue weighted by Crippen LogP contribution is 2.30. The molecule has 2 N–H and O–H groups in total. The molecule has 0 saturated heterocycles. The van der Waals surface area contributed by atoms with Crippen LogP contribution in [0.15, 0.2) is 0 Å². The average Bonchev–Trinajstić information content (AvgIpc) is 2.10. The van der Waals surface area contributed by atoms with E-state index in [1.54, 1.807) is 13.8 Å². The molecule has 3 unspecified atom stereocenters. The maximum atomic E-state index is 11.0. The molecule has 0 aliphatic heterocycles. The highest BCUT2D eigenvalue weighted by Gasteiger charge is 2.32. The van der Waals surface area contributed by atoms with E-state index in [-0.39, 0.29) is 0 Å². The van der Waals surface area contributed by atoms with E-state index in [0.717, 1.165) is 18.8 Å². The number of nitrogens with one attached hydrogen (secondary N) is 1. The van der Waals surface area contributed by atoms with Gasteiger partial charge >= 0.3 is 5.97 Å². The first-order chi connectivity index (χ1) is 6.83. The summed E-state index contributed by atoms with van der Waals surface area (Å²) >= 11 is 0. The summed E-state index contributed by atoms with van der Waals surface area (Å²) in [6, 6.07) is 0.363. The third-order valence-electron chi connectivity index (χ3n) is 3.70. The molecule has 1 aliphatic carbocycles. The fraction of sp³-hybridized carbons (Fsp3) is 0.917. The quantitative estimate of drug-likeness (QED) is 0.756. The highest BCUT2D eigenvalue weighted by atomic mass is 16.4. The molecular formula is C12H23NO2. The number of carboxylic acids is 1. The molecule has 0 aromatic carbocycles. The summed E-state index contributed by atoms with van der Waals surface area (Å²) in [5, 5.41) is 12.3. The Morgan fingerprint density at radius 1 is 1.27 bits per heavy atom. The van der Waals surface area contributed by atoms with E-state index < -0.39 is 11.5 Å². The number of carboxylic acid groups (broad SMARTS) is 1. The zero-order valence-corrected chi connectivity index (χ0v) is 10.2. The van der Waals surface area contributed by atoms with E-state index in [2.05, 4.69) is 19.2 Å². The van der Waals surface area contributed by atoms with Gasteiger partial charge < -0.3 is 5.11 Å². The van der Waals surface area contributed by atoms with Crippen LogP contribution in [0.3, 0.4) is 0 Å². The molecule has 1 rings (SSSR count). The summed E-state index contributed by atoms with van der Waals surface area (Å²) < 4.78 is 0. The minimum atomic E-state index is -0.801. The minimum Gasteiger partial charge on any atom is -0.480 e. The number of aliphatic carboxylic acids is 1. The third-order valence-corrected chi connectivity index (χ3v) is 3.70. The van der Waals surface area contributed by atoms with Gasteiger partial charge in [-0.3, -0.25) is 10.1 Å². The first-order valence-corrected chi connectivity index (χ1v) is 5.84. The lowest BCUT2D eigenvalue weighted by molar-refractivity contribution is -0.143. The lowest BCUT2D eigenvalue weighted by Crippen LogP contribution is -2.53. The number of hydrogen-bond donors (Lipinski definition) is 2. The molecule has 1 aliphatic rings. The second kappa shape index (κ2) is 4.52. The maximum Gasteiger partial charge on any atom is 0.323 e. The van der Waals surface area contributed by atoms with Crippen LogP contribution in [-0.4, -0.2) is 22.7 Å². The Morgan fingerprint density at radius 3 is 2.33 bits per heavy atom. The van der Waals surface area contributed by atoms with Crippen LogP contribution in [0.5, 0.6) is 0 Å². The van der Waals surface area contributed by atoms with Gasteiger partial charge in [-0.1, -0.05) is 13.8 Å². The molecule has 0 bridgehead atoms. The van der Waals surface area contributed by atoms with Crippen LogP contribution in [0.4, 0.5) is 0 Å². The van der Waals surface area contributed by atoms with Crippen molar-refractivity contribution in [3.63, 3.8) is 0 Å². The first-order valence-electron chi connectivity index (χ1n) is 5.84. The fourth-order valence-corrected chi connectivity index (χ4v) is 2.25. The van der Waals surface area contributed by atoms with E-state index in [9.17, 15) is 4.79 Å². The second-order valence-electron chi connectivity index (χ2n) is 5.54. The topological polar surface area (TPSA) is 49.3 Å². The maximum absolute atomic E-state index is 11.0. The van der Waals surface area contributed by atoms with Crippen LogP contribution in [0.25, 0.3) is 0 Å². The Labute approximate surface area is 92.3 Å². The summed E-state index contributed by atoms with van der Waals surface area (Å²) in [4.78, 5) is 11.0. The lowest BCUT2D eigenvalue weighted by atomic mass is 9.78. The number of carbonyl (C=O) groups is 1. The molecular weight excluding hydrogens is 190 g/mol. The van der Waals surface area contributed by atoms with E-state index >= 15 is 0 Å². The molecule has 0 aromatic heterocycles. The van der Waals surface area contributed by atoms with Crippen LogP contribution in [-0.2, 0) is 4.79 Å². The standard InChI is InChI=1S/C12H23NO2/c1-8-5-6-10(7-9(8)2)13-12(3,4)11(14)15/h8-10,13H,5-7H2,1-4H3,(H,14,15). The minimum absolute atomic E-state index is 0.363. The largest absolute Gasteiger partial charge is 0.480 e. The molecule has 0 radical (unpaired) electrons. The van der Waals surface area contributed by atoms with E-state index in [4.69, 9.17) is 5.11 Å². The zero-order chi connectivity index (χ0) is 11.6. The van der Waals surface area contributed by atoms with Crippen LogP contribution < -0.4 is 5.32 Å². The second-order valence-corrected chi connectivity index (χ2v) is 5.54. The van der Waals surface area contributed by atoms with Crippen molar-refractivity contribution >= 4 is 5.97 Å². The molecule has 3 heteroatoms. The Kier molecular flexibility index (Phi) is 3.77. The molecule has 3 nitrogen and oxygen atoms in total. The molecule has 3 atom stereocenters. The van der Waals surface area contributed by atoms with Gasteiger partial charge in [0.1, 0.15) is 5.54 Å². The molecule has 88 valence electrons. The third kappa shape index (κ3) is 3.20. The highest BCUT2D eigenvalue weighted by molar-refractivity contribution is 5.77. The van der Waals surface area contributed by atoms with Crippen molar-refractivity contribution in [3.8, 4) is 0 Å². The summed E-state index contributed by atoms with van der Waals surface area (Å²) in [7, 11) is 0. The van der Waals surface area contributed by atoms with Gasteiger partial charge in [-0.15, -0.1) is 0 Å². The van der Waals surface area contributed by atoms with Crippen molar-refractivity contribution in [2.75, 3.05) is 0 Å². The monoisotopic (exact) mass is 213 g/mol. The average molecular weight is 213 g/mol. The zero-order valence-electron chi connectivity index (χ0n) is 10.2. The molecule has 0 aromatic rings. The number of hydrogen-bond acceptors (Lipinski definition) is 2. The molecule has 15 heavy (non-hydrogen) atoms. The number of rotatable bonds is 3. The van der Waals surface area contributed by atoms with Crippen LogP contribution in [0.1, 0.15) is 47.0 Å². The first kappa shape index (κ1) is 12.5. The van der Waals surface area contributed by atoms with E-state index in [0.29, 0.717) is 12.0 Å². The normalized spacial score (nSPS) is 32.7. The van der Waals surface area contributed by atoms with Gasteiger partial charge in [-0.2, -0.15) is 0 Å². The van der Waals surface area contributed by atoms with Crippen molar-refractivity contribution in [2.45, 2.75) is 58.5 Å². The predicted octanol–water partition coefficient (Wildman–Crippen LogP) is 2.26. The van der Waals surface area contributed by atoms with Crippen LogP contribution in [0.2, 0.25) is 0 Å². The fourth-order valence-electron chi connectivity index (χ4n) is 2.25. The van der Waals surface area contributed by atoms with Crippen molar-refractivity contribution < 1.29 is 9.90 Å².